The van der Waals surface area contributed by atoms with E-state index in [-0.39, 0.29) is 11.7 Å². The molecule has 108 valence electrons. The number of anilines is 4. The van der Waals surface area contributed by atoms with Crippen LogP contribution in [0.3, 0.4) is 0 Å². The summed E-state index contributed by atoms with van der Waals surface area (Å²) >= 11 is 0. The molecule has 0 fully saturated rings. The van der Waals surface area contributed by atoms with Crippen LogP contribution in [0.15, 0.2) is 30.3 Å². The van der Waals surface area contributed by atoms with Gasteiger partial charge in [-0.25, -0.2) is 4.39 Å². The highest BCUT2D eigenvalue weighted by Gasteiger charge is 2.17. The number of rotatable bonds is 2. The second kappa shape index (κ2) is 5.09. The number of benzene rings is 2. The normalized spacial score (nSPS) is 13.5. The fraction of sp³-hybridized carbons (Fsp3) is 0.188. The minimum Gasteiger partial charge on any atom is -0.397 e. The fourth-order valence-corrected chi connectivity index (χ4v) is 2.44. The maximum Gasteiger partial charge on any atom is 0.224 e. The molecule has 0 aromatic heterocycles. The molecule has 5 heteroatoms. The predicted octanol–water partition coefficient (Wildman–Crippen LogP) is 3.34. The van der Waals surface area contributed by atoms with Crippen molar-refractivity contribution >= 4 is 28.7 Å². The summed E-state index contributed by atoms with van der Waals surface area (Å²) in [6, 6.07) is 8.49. The van der Waals surface area contributed by atoms with Crippen LogP contribution in [0.25, 0.3) is 0 Å². The minimum atomic E-state index is -0.273. The Bertz CT molecular complexity index is 728. The van der Waals surface area contributed by atoms with Crippen molar-refractivity contribution in [1.82, 2.24) is 0 Å². The summed E-state index contributed by atoms with van der Waals surface area (Å²) in [6.45, 7) is 1.70. The highest BCUT2D eigenvalue weighted by atomic mass is 19.1. The molecule has 0 saturated carbocycles. The summed E-state index contributed by atoms with van der Waals surface area (Å²) in [5.74, 6) is -0.273. The van der Waals surface area contributed by atoms with Gasteiger partial charge in [-0.1, -0.05) is 6.07 Å². The number of carbonyl (C=O) groups excluding carboxylic acids is 1. The summed E-state index contributed by atoms with van der Waals surface area (Å²) in [4.78, 5) is 11.5. The van der Waals surface area contributed by atoms with E-state index in [2.05, 4.69) is 10.6 Å². The molecule has 1 aliphatic rings. The van der Waals surface area contributed by atoms with E-state index in [1.54, 1.807) is 25.1 Å². The lowest BCUT2D eigenvalue weighted by atomic mass is 10.0. The molecule has 1 aliphatic heterocycles. The number of nitrogen functional groups attached to an aromatic ring is 1. The van der Waals surface area contributed by atoms with E-state index in [1.165, 1.54) is 6.07 Å². The second-order valence-corrected chi connectivity index (χ2v) is 5.18. The summed E-state index contributed by atoms with van der Waals surface area (Å²) in [6.07, 6.45) is 1.16. The van der Waals surface area contributed by atoms with Gasteiger partial charge in [0.05, 0.1) is 11.4 Å². The van der Waals surface area contributed by atoms with Crippen molar-refractivity contribution in [3.63, 3.8) is 0 Å². The zero-order valence-electron chi connectivity index (χ0n) is 11.7. The first-order valence-electron chi connectivity index (χ1n) is 6.79. The fourth-order valence-electron chi connectivity index (χ4n) is 2.44. The lowest BCUT2D eigenvalue weighted by Crippen LogP contribution is -2.19. The number of nitrogens with one attached hydrogen (secondary N) is 2. The molecule has 21 heavy (non-hydrogen) atoms. The Labute approximate surface area is 122 Å². The van der Waals surface area contributed by atoms with Gasteiger partial charge in [-0.3, -0.25) is 4.79 Å². The molecular weight excluding hydrogens is 269 g/mol. The van der Waals surface area contributed by atoms with Gasteiger partial charge >= 0.3 is 0 Å². The van der Waals surface area contributed by atoms with Crippen molar-refractivity contribution in [2.75, 3.05) is 16.4 Å². The van der Waals surface area contributed by atoms with Crippen LogP contribution in [0.5, 0.6) is 0 Å². The number of nitrogens with two attached hydrogens (primary N) is 1. The van der Waals surface area contributed by atoms with Crippen molar-refractivity contribution in [2.24, 2.45) is 0 Å². The van der Waals surface area contributed by atoms with Crippen molar-refractivity contribution in [3.8, 4) is 0 Å². The number of carbonyl (C=O) groups is 1. The Hall–Kier alpha value is -2.56. The van der Waals surface area contributed by atoms with E-state index in [9.17, 15) is 9.18 Å². The number of fused-ring (bicyclic) bond motifs is 1. The van der Waals surface area contributed by atoms with Gasteiger partial charge in [0.2, 0.25) is 5.91 Å². The van der Waals surface area contributed by atoms with Gasteiger partial charge in [0, 0.05) is 23.4 Å². The monoisotopic (exact) mass is 285 g/mol. The maximum absolute atomic E-state index is 13.6. The molecule has 0 saturated heterocycles. The number of halogens is 1. The van der Waals surface area contributed by atoms with Crippen LogP contribution >= 0.6 is 0 Å². The molecule has 1 amide bonds. The standard InChI is InChI=1S/C16H16FN3O/c1-9-11(17)3-2-4-13(9)19-15-8-14-10(7-12(15)18)5-6-16(21)20-14/h2-4,7-8,19H,5-6,18H2,1H3,(H,20,21). The maximum atomic E-state index is 13.6. The molecule has 0 spiro atoms. The van der Waals surface area contributed by atoms with Crippen LogP contribution in [-0.4, -0.2) is 5.91 Å². The van der Waals surface area contributed by atoms with E-state index in [0.29, 0.717) is 35.5 Å². The van der Waals surface area contributed by atoms with Crippen LogP contribution in [0.4, 0.5) is 27.1 Å². The smallest absolute Gasteiger partial charge is 0.224 e. The zero-order chi connectivity index (χ0) is 15.0. The van der Waals surface area contributed by atoms with E-state index < -0.39 is 0 Å². The quantitative estimate of drug-likeness (QED) is 0.741. The number of amides is 1. The van der Waals surface area contributed by atoms with Gasteiger partial charge in [0.25, 0.3) is 0 Å². The van der Waals surface area contributed by atoms with Gasteiger partial charge in [0.15, 0.2) is 0 Å². The SMILES string of the molecule is Cc1c(F)cccc1Nc1cc2c(cc1N)CCC(=O)N2. The lowest BCUT2D eigenvalue weighted by Gasteiger charge is -2.20. The van der Waals surface area contributed by atoms with Crippen molar-refractivity contribution in [3.05, 3.63) is 47.3 Å². The first-order valence-corrected chi connectivity index (χ1v) is 6.79. The van der Waals surface area contributed by atoms with Crippen molar-refractivity contribution < 1.29 is 9.18 Å². The molecule has 1 heterocycles. The van der Waals surface area contributed by atoms with Crippen molar-refractivity contribution in [1.29, 1.82) is 0 Å². The van der Waals surface area contributed by atoms with Crippen LogP contribution in [0, 0.1) is 12.7 Å². The molecule has 2 aromatic rings. The molecule has 0 atom stereocenters. The van der Waals surface area contributed by atoms with Gasteiger partial charge in [-0.05, 0) is 43.2 Å². The number of aryl methyl sites for hydroxylation is 1. The number of hydrogen-bond donors (Lipinski definition) is 3. The first-order chi connectivity index (χ1) is 10.0. The van der Waals surface area contributed by atoms with Crippen LogP contribution in [0.1, 0.15) is 17.5 Å². The molecule has 4 nitrogen and oxygen atoms in total. The molecule has 4 N–H and O–H groups in total. The molecule has 0 aliphatic carbocycles. The summed E-state index contributed by atoms with van der Waals surface area (Å²) in [5, 5.41) is 5.96. The highest BCUT2D eigenvalue weighted by Crippen LogP contribution is 2.33. The van der Waals surface area contributed by atoms with Crippen molar-refractivity contribution in [2.45, 2.75) is 19.8 Å². The molecule has 3 rings (SSSR count). The second-order valence-electron chi connectivity index (χ2n) is 5.18. The average molecular weight is 285 g/mol. The third-order valence-corrected chi connectivity index (χ3v) is 3.71. The van der Waals surface area contributed by atoms with E-state index in [1.807, 2.05) is 6.07 Å². The minimum absolute atomic E-state index is 0.000146. The molecule has 0 unspecified atom stereocenters. The van der Waals surface area contributed by atoms with E-state index in [0.717, 1.165) is 11.3 Å². The van der Waals surface area contributed by atoms with Gasteiger partial charge in [-0.2, -0.15) is 0 Å². The lowest BCUT2D eigenvalue weighted by molar-refractivity contribution is -0.116. The first kappa shape index (κ1) is 13.4. The molecular formula is C16H16FN3O. The largest absolute Gasteiger partial charge is 0.397 e. The molecule has 0 bridgehead atoms. The van der Waals surface area contributed by atoms with E-state index in [4.69, 9.17) is 5.73 Å². The van der Waals surface area contributed by atoms with Gasteiger partial charge in [-0.15, -0.1) is 0 Å². The molecule has 0 radical (unpaired) electrons. The van der Waals surface area contributed by atoms with Gasteiger partial charge in [0.1, 0.15) is 5.82 Å². The number of hydrogen-bond acceptors (Lipinski definition) is 3. The third kappa shape index (κ3) is 2.54. The average Bonchev–Trinajstić information content (AvgIpc) is 2.45. The highest BCUT2D eigenvalue weighted by molar-refractivity contribution is 5.96. The van der Waals surface area contributed by atoms with Crippen LogP contribution < -0.4 is 16.4 Å². The topological polar surface area (TPSA) is 67.1 Å². The Morgan fingerprint density at radius 3 is 2.86 bits per heavy atom. The summed E-state index contributed by atoms with van der Waals surface area (Å²) in [5.41, 5.74) is 10.2. The molecule has 2 aromatic carbocycles. The Balaban J connectivity index is 1.97. The zero-order valence-corrected chi connectivity index (χ0v) is 11.7. The third-order valence-electron chi connectivity index (χ3n) is 3.71. The predicted molar refractivity (Wildman–Crippen MR) is 82.2 cm³/mol. The van der Waals surface area contributed by atoms with Crippen LogP contribution in [-0.2, 0) is 11.2 Å². The Kier molecular flexibility index (Phi) is 3.25. The van der Waals surface area contributed by atoms with Crippen LogP contribution in [0.2, 0.25) is 0 Å². The summed E-state index contributed by atoms with van der Waals surface area (Å²) < 4.78 is 13.6. The van der Waals surface area contributed by atoms with E-state index >= 15 is 0 Å². The Morgan fingerprint density at radius 1 is 1.24 bits per heavy atom. The van der Waals surface area contributed by atoms with Gasteiger partial charge < -0.3 is 16.4 Å². The summed E-state index contributed by atoms with van der Waals surface area (Å²) in [7, 11) is 0. The Morgan fingerprint density at radius 2 is 2.05 bits per heavy atom.